The van der Waals surface area contributed by atoms with E-state index in [1.165, 1.54) is 36.4 Å². The Kier molecular flexibility index (Phi) is 4.73. The summed E-state index contributed by atoms with van der Waals surface area (Å²) in [6.45, 7) is 0. The fourth-order valence-electron chi connectivity index (χ4n) is 2.17. The van der Waals surface area contributed by atoms with Crippen LogP contribution in [0.25, 0.3) is 0 Å². The van der Waals surface area contributed by atoms with Gasteiger partial charge in [-0.05, 0) is 36.4 Å². The number of nitriles is 1. The number of anilines is 3. The Bertz CT molecular complexity index is 1100. The Morgan fingerprint density at radius 2 is 1.77 bits per heavy atom. The molecule has 0 saturated carbocycles. The Morgan fingerprint density at radius 3 is 2.27 bits per heavy atom. The molecule has 0 unspecified atom stereocenters. The maximum atomic E-state index is 12.8. The van der Waals surface area contributed by atoms with Gasteiger partial charge in [0.05, 0.1) is 26.6 Å². The number of nitrogen functional groups attached to an aromatic ring is 1. The highest BCUT2D eigenvalue weighted by atomic mass is 35.5. The van der Waals surface area contributed by atoms with Gasteiger partial charge in [-0.2, -0.15) is 10.2 Å². The van der Waals surface area contributed by atoms with Crippen molar-refractivity contribution in [1.29, 1.82) is 5.26 Å². The maximum absolute atomic E-state index is 12.8. The fraction of sp³-hybridized carbons (Fsp3) is 0. The van der Waals surface area contributed by atoms with Gasteiger partial charge in [-0.1, -0.05) is 23.2 Å². The summed E-state index contributed by atoms with van der Waals surface area (Å²) < 4.78 is 25.7. The number of nitrogens with zero attached hydrogens (tertiary/aromatic N) is 3. The normalized spacial score (nSPS) is 11.1. The molecule has 0 spiro atoms. The molecular weight excluding hydrogens is 399 g/mol. The van der Waals surface area contributed by atoms with Crippen molar-refractivity contribution in [2.75, 3.05) is 11.1 Å². The standard InChI is InChI=1S/C15H10Cl2N6O2S/c16-11-5-9(20-15-21-14(19)22-23-15)6-12(17)13(11)26(24,25)10-3-1-8(7-18)2-4-10/h1-6H,(H4,19,20,21,22,23). The van der Waals surface area contributed by atoms with Gasteiger partial charge in [0, 0.05) is 5.69 Å². The van der Waals surface area contributed by atoms with Gasteiger partial charge in [0.1, 0.15) is 4.90 Å². The minimum Gasteiger partial charge on any atom is -0.368 e. The lowest BCUT2D eigenvalue weighted by Crippen LogP contribution is -2.05. The number of H-pyrrole nitrogens is 1. The zero-order chi connectivity index (χ0) is 18.9. The van der Waals surface area contributed by atoms with Gasteiger partial charge < -0.3 is 11.1 Å². The number of benzene rings is 2. The smallest absolute Gasteiger partial charge is 0.248 e. The molecule has 4 N–H and O–H groups in total. The fourth-order valence-corrected chi connectivity index (χ4v) is 4.63. The van der Waals surface area contributed by atoms with Crippen LogP contribution in [-0.2, 0) is 9.84 Å². The van der Waals surface area contributed by atoms with Crippen LogP contribution in [0.1, 0.15) is 5.56 Å². The summed E-state index contributed by atoms with van der Waals surface area (Å²) in [5, 5.41) is 17.7. The van der Waals surface area contributed by atoms with E-state index in [2.05, 4.69) is 20.5 Å². The van der Waals surface area contributed by atoms with Crippen LogP contribution in [0.5, 0.6) is 0 Å². The van der Waals surface area contributed by atoms with Gasteiger partial charge in [0.2, 0.25) is 21.7 Å². The Morgan fingerprint density at radius 1 is 1.15 bits per heavy atom. The molecule has 0 aliphatic heterocycles. The molecule has 0 bridgehead atoms. The molecule has 1 aromatic heterocycles. The van der Waals surface area contributed by atoms with Gasteiger partial charge in [-0.15, -0.1) is 5.10 Å². The zero-order valence-electron chi connectivity index (χ0n) is 12.9. The predicted octanol–water partition coefficient (Wildman–Crippen LogP) is 3.14. The highest BCUT2D eigenvalue weighted by Gasteiger charge is 2.25. The number of aromatic amines is 1. The predicted molar refractivity (Wildman–Crippen MR) is 97.1 cm³/mol. The summed E-state index contributed by atoms with van der Waals surface area (Å²) in [5.74, 6) is 0.294. The molecule has 11 heteroatoms. The van der Waals surface area contributed by atoms with Crippen molar-refractivity contribution in [2.45, 2.75) is 9.79 Å². The van der Waals surface area contributed by atoms with E-state index in [1.807, 2.05) is 6.07 Å². The van der Waals surface area contributed by atoms with E-state index in [0.29, 0.717) is 11.3 Å². The Labute approximate surface area is 158 Å². The number of nitrogens with two attached hydrogens (primary N) is 1. The van der Waals surface area contributed by atoms with Crippen molar-refractivity contribution in [3.8, 4) is 6.07 Å². The van der Waals surface area contributed by atoms with Crippen molar-refractivity contribution >= 4 is 50.6 Å². The molecule has 26 heavy (non-hydrogen) atoms. The lowest BCUT2D eigenvalue weighted by atomic mass is 10.2. The van der Waals surface area contributed by atoms with Crippen LogP contribution in [0.4, 0.5) is 17.6 Å². The third-order valence-corrected chi connectivity index (χ3v) is 6.01. The molecule has 0 fully saturated rings. The first kappa shape index (κ1) is 18.0. The molecular formula is C15H10Cl2N6O2S. The molecule has 0 aliphatic carbocycles. The van der Waals surface area contributed by atoms with Gasteiger partial charge >= 0.3 is 0 Å². The molecule has 0 saturated heterocycles. The SMILES string of the molecule is N#Cc1ccc(S(=O)(=O)c2c(Cl)cc(Nc3n[nH]c(N)n3)cc2Cl)cc1. The molecule has 3 rings (SSSR count). The van der Waals surface area contributed by atoms with Gasteiger partial charge in [0.15, 0.2) is 0 Å². The lowest BCUT2D eigenvalue weighted by molar-refractivity contribution is 0.596. The average Bonchev–Trinajstić information content (AvgIpc) is 2.99. The van der Waals surface area contributed by atoms with Crippen molar-refractivity contribution < 1.29 is 8.42 Å². The quantitative estimate of drug-likeness (QED) is 0.602. The lowest BCUT2D eigenvalue weighted by Gasteiger charge is -2.11. The van der Waals surface area contributed by atoms with Crippen LogP contribution in [0.2, 0.25) is 10.0 Å². The van der Waals surface area contributed by atoms with E-state index >= 15 is 0 Å². The minimum absolute atomic E-state index is 0.0252. The third-order valence-electron chi connectivity index (χ3n) is 3.32. The number of halogens is 2. The van der Waals surface area contributed by atoms with Gasteiger partial charge in [0.25, 0.3) is 0 Å². The van der Waals surface area contributed by atoms with Crippen molar-refractivity contribution in [1.82, 2.24) is 15.2 Å². The first-order chi connectivity index (χ1) is 12.3. The summed E-state index contributed by atoms with van der Waals surface area (Å²) in [6.07, 6.45) is 0. The number of hydrogen-bond acceptors (Lipinski definition) is 7. The van der Waals surface area contributed by atoms with Gasteiger partial charge in [-0.3, -0.25) is 0 Å². The topological polar surface area (TPSA) is 138 Å². The molecule has 3 aromatic rings. The van der Waals surface area contributed by atoms with E-state index < -0.39 is 9.84 Å². The molecule has 0 aliphatic rings. The highest BCUT2D eigenvalue weighted by Crippen LogP contribution is 2.36. The van der Waals surface area contributed by atoms with Crippen molar-refractivity contribution in [2.24, 2.45) is 0 Å². The van der Waals surface area contributed by atoms with Crippen LogP contribution < -0.4 is 11.1 Å². The summed E-state index contributed by atoms with van der Waals surface area (Å²) in [7, 11) is -3.97. The molecule has 0 amide bonds. The monoisotopic (exact) mass is 408 g/mol. The van der Waals surface area contributed by atoms with Crippen molar-refractivity contribution in [3.05, 3.63) is 52.0 Å². The van der Waals surface area contributed by atoms with Crippen molar-refractivity contribution in [3.63, 3.8) is 0 Å². The Balaban J connectivity index is 2.00. The average molecular weight is 409 g/mol. The van der Waals surface area contributed by atoms with Crippen LogP contribution >= 0.6 is 23.2 Å². The first-order valence-corrected chi connectivity index (χ1v) is 9.24. The molecule has 1 heterocycles. The summed E-state index contributed by atoms with van der Waals surface area (Å²) in [4.78, 5) is 3.61. The maximum Gasteiger partial charge on any atom is 0.248 e. The van der Waals surface area contributed by atoms with Crippen LogP contribution in [0.15, 0.2) is 46.2 Å². The second-order valence-corrected chi connectivity index (χ2v) is 7.78. The number of rotatable bonds is 4. The van der Waals surface area contributed by atoms with Gasteiger partial charge in [-0.25, -0.2) is 13.5 Å². The van der Waals surface area contributed by atoms with E-state index in [9.17, 15) is 8.42 Å². The number of nitrogens with one attached hydrogen (secondary N) is 2. The number of hydrogen-bond donors (Lipinski definition) is 3. The summed E-state index contributed by atoms with van der Waals surface area (Å²) in [5.41, 5.74) is 6.16. The second-order valence-electron chi connectivity index (χ2n) is 5.08. The highest BCUT2D eigenvalue weighted by molar-refractivity contribution is 7.91. The summed E-state index contributed by atoms with van der Waals surface area (Å²) in [6, 6.07) is 10.1. The molecule has 2 aromatic carbocycles. The summed E-state index contributed by atoms with van der Waals surface area (Å²) >= 11 is 12.3. The molecule has 0 radical (unpaired) electrons. The zero-order valence-corrected chi connectivity index (χ0v) is 15.2. The third kappa shape index (κ3) is 3.43. The largest absolute Gasteiger partial charge is 0.368 e. The first-order valence-electron chi connectivity index (χ1n) is 7.00. The minimum atomic E-state index is -3.97. The van der Waals surface area contributed by atoms with E-state index in [4.69, 9.17) is 34.2 Å². The molecule has 0 atom stereocenters. The number of sulfone groups is 1. The molecule has 8 nitrogen and oxygen atoms in total. The van der Waals surface area contributed by atoms with E-state index in [1.54, 1.807) is 0 Å². The second kappa shape index (κ2) is 6.84. The van der Waals surface area contributed by atoms with Crippen LogP contribution in [0, 0.1) is 11.3 Å². The number of aromatic nitrogens is 3. The Hall–Kier alpha value is -2.80. The van der Waals surface area contributed by atoms with E-state index in [0.717, 1.165) is 0 Å². The van der Waals surface area contributed by atoms with E-state index in [-0.39, 0.29) is 31.7 Å². The van der Waals surface area contributed by atoms with Crippen LogP contribution in [0.3, 0.4) is 0 Å². The molecule has 132 valence electrons. The van der Waals surface area contributed by atoms with Crippen LogP contribution in [-0.4, -0.2) is 23.6 Å².